The Morgan fingerprint density at radius 2 is 1.72 bits per heavy atom. The lowest BCUT2D eigenvalue weighted by molar-refractivity contribution is -0.113. The van der Waals surface area contributed by atoms with Crippen LogP contribution in [0.25, 0.3) is 10.8 Å². The van der Waals surface area contributed by atoms with E-state index in [0.717, 1.165) is 20.8 Å². The molecule has 0 radical (unpaired) electrons. The first-order chi connectivity index (χ1) is 11.8. The van der Waals surface area contributed by atoms with Gasteiger partial charge in [0.15, 0.2) is 9.84 Å². The number of sulfone groups is 1. The Bertz CT molecular complexity index is 1060. The van der Waals surface area contributed by atoms with Gasteiger partial charge in [0.1, 0.15) is 5.75 Å². The molecule has 0 aliphatic rings. The summed E-state index contributed by atoms with van der Waals surface area (Å²) in [6.45, 7) is 1.89. The van der Waals surface area contributed by atoms with E-state index in [4.69, 9.17) is 0 Å². The van der Waals surface area contributed by atoms with E-state index in [1.54, 1.807) is 24.3 Å². The maximum absolute atomic E-state index is 12.5. The fourth-order valence-electron chi connectivity index (χ4n) is 2.54. The van der Waals surface area contributed by atoms with Crippen molar-refractivity contribution in [2.75, 3.05) is 11.1 Å². The summed E-state index contributed by atoms with van der Waals surface area (Å²) < 4.78 is 26.0. The van der Waals surface area contributed by atoms with Gasteiger partial charge in [-0.05, 0) is 53.6 Å². The predicted molar refractivity (Wildman–Crippen MR) is 104 cm³/mol. The number of anilines is 1. The van der Waals surface area contributed by atoms with Gasteiger partial charge in [-0.3, -0.25) is 4.79 Å². The summed E-state index contributed by atoms with van der Waals surface area (Å²) >= 11 is 3.39. The van der Waals surface area contributed by atoms with E-state index >= 15 is 0 Å². The predicted octanol–water partition coefficient (Wildman–Crippen LogP) is 4.32. The van der Waals surface area contributed by atoms with Crippen molar-refractivity contribution in [2.24, 2.45) is 0 Å². The molecular formula is C19H16BrNO3S. The minimum absolute atomic E-state index is 0.147. The fraction of sp³-hybridized carbons (Fsp3) is 0.105. The van der Waals surface area contributed by atoms with Crippen LogP contribution in [0.2, 0.25) is 0 Å². The van der Waals surface area contributed by atoms with E-state index in [2.05, 4.69) is 21.2 Å². The molecule has 4 nitrogen and oxygen atoms in total. The monoisotopic (exact) mass is 417 g/mol. The van der Waals surface area contributed by atoms with Gasteiger partial charge in [-0.25, -0.2) is 8.42 Å². The number of fused-ring (bicyclic) bond motifs is 1. The summed E-state index contributed by atoms with van der Waals surface area (Å²) in [5.41, 5.74) is 1.52. The first-order valence-corrected chi connectivity index (χ1v) is 10.1. The third-order valence-corrected chi connectivity index (χ3v) is 6.35. The zero-order valence-electron chi connectivity index (χ0n) is 13.5. The lowest BCUT2D eigenvalue weighted by Crippen LogP contribution is -2.23. The highest BCUT2D eigenvalue weighted by Gasteiger charge is 2.20. The molecule has 0 saturated carbocycles. The Morgan fingerprint density at radius 3 is 2.44 bits per heavy atom. The number of amides is 1. The topological polar surface area (TPSA) is 63.2 Å². The van der Waals surface area contributed by atoms with Crippen LogP contribution in [0.3, 0.4) is 0 Å². The Balaban J connectivity index is 1.79. The number of carbonyl (C=O) groups is 1. The van der Waals surface area contributed by atoms with E-state index in [-0.39, 0.29) is 4.90 Å². The molecule has 0 spiro atoms. The lowest BCUT2D eigenvalue weighted by Gasteiger charge is -2.09. The molecule has 0 unspecified atom stereocenters. The zero-order valence-corrected chi connectivity index (χ0v) is 15.9. The molecule has 128 valence electrons. The zero-order chi connectivity index (χ0) is 18.0. The second-order valence-corrected chi connectivity index (χ2v) is 8.62. The van der Waals surface area contributed by atoms with Crippen molar-refractivity contribution in [3.63, 3.8) is 0 Å². The summed E-state index contributed by atoms with van der Waals surface area (Å²) in [6.07, 6.45) is 0. The molecule has 1 amide bonds. The van der Waals surface area contributed by atoms with Gasteiger partial charge in [-0.15, -0.1) is 0 Å². The van der Waals surface area contributed by atoms with Crippen LogP contribution in [-0.2, 0) is 14.6 Å². The highest BCUT2D eigenvalue weighted by Crippen LogP contribution is 2.22. The number of hydrogen-bond donors (Lipinski definition) is 1. The normalized spacial score (nSPS) is 11.4. The average Bonchev–Trinajstić information content (AvgIpc) is 2.57. The second kappa shape index (κ2) is 6.98. The van der Waals surface area contributed by atoms with Crippen LogP contribution in [0.4, 0.5) is 5.69 Å². The van der Waals surface area contributed by atoms with E-state index in [1.165, 1.54) is 6.07 Å². The van der Waals surface area contributed by atoms with Gasteiger partial charge < -0.3 is 5.32 Å². The van der Waals surface area contributed by atoms with Gasteiger partial charge in [-0.2, -0.15) is 0 Å². The molecule has 3 aromatic rings. The van der Waals surface area contributed by atoms with Gasteiger partial charge in [0, 0.05) is 10.2 Å². The minimum atomic E-state index is -3.71. The number of nitrogens with one attached hydrogen (secondary N) is 1. The summed E-state index contributed by atoms with van der Waals surface area (Å²) in [5.74, 6) is -1.16. The van der Waals surface area contributed by atoms with Gasteiger partial charge >= 0.3 is 0 Å². The van der Waals surface area contributed by atoms with Gasteiger partial charge in [-0.1, -0.05) is 46.3 Å². The van der Waals surface area contributed by atoms with Crippen LogP contribution >= 0.6 is 15.9 Å². The molecule has 6 heteroatoms. The molecule has 0 heterocycles. The van der Waals surface area contributed by atoms with Gasteiger partial charge in [0.25, 0.3) is 0 Å². The van der Waals surface area contributed by atoms with Crippen LogP contribution < -0.4 is 5.32 Å². The Kier molecular flexibility index (Phi) is 4.92. The minimum Gasteiger partial charge on any atom is -0.325 e. The first kappa shape index (κ1) is 17.6. The maximum atomic E-state index is 12.5. The van der Waals surface area contributed by atoms with Crippen molar-refractivity contribution in [3.05, 3.63) is 70.7 Å². The van der Waals surface area contributed by atoms with Crippen LogP contribution in [0.15, 0.2) is 70.0 Å². The molecule has 0 saturated heterocycles. The van der Waals surface area contributed by atoms with Gasteiger partial charge in [0.05, 0.1) is 4.90 Å². The molecule has 0 fully saturated rings. The van der Waals surface area contributed by atoms with Crippen molar-refractivity contribution in [1.82, 2.24) is 0 Å². The van der Waals surface area contributed by atoms with Crippen molar-refractivity contribution in [3.8, 4) is 0 Å². The van der Waals surface area contributed by atoms with Crippen molar-refractivity contribution in [2.45, 2.75) is 11.8 Å². The molecule has 0 aliphatic heterocycles. The number of halogens is 1. The molecule has 0 atom stereocenters. The Morgan fingerprint density at radius 1 is 1.00 bits per heavy atom. The first-order valence-electron chi connectivity index (χ1n) is 7.63. The van der Waals surface area contributed by atoms with E-state index in [0.29, 0.717) is 5.69 Å². The lowest BCUT2D eigenvalue weighted by atomic mass is 10.1. The number of rotatable bonds is 4. The van der Waals surface area contributed by atoms with Crippen LogP contribution in [0.1, 0.15) is 5.56 Å². The summed E-state index contributed by atoms with van der Waals surface area (Å²) in [5, 5.41) is 4.42. The second-order valence-electron chi connectivity index (χ2n) is 5.78. The molecule has 0 aliphatic carbocycles. The van der Waals surface area contributed by atoms with Crippen molar-refractivity contribution < 1.29 is 13.2 Å². The molecule has 25 heavy (non-hydrogen) atoms. The van der Waals surface area contributed by atoms with E-state index in [9.17, 15) is 13.2 Å². The smallest absolute Gasteiger partial charge is 0.239 e. The number of hydrogen-bond acceptors (Lipinski definition) is 3. The van der Waals surface area contributed by atoms with Crippen LogP contribution in [0, 0.1) is 6.92 Å². The SMILES string of the molecule is Cc1cc(NC(=O)CS(=O)(=O)c2ccc3ccccc3c2)ccc1Br. The third kappa shape index (κ3) is 4.08. The molecule has 0 aromatic heterocycles. The fourth-order valence-corrected chi connectivity index (χ4v) is 3.95. The highest BCUT2D eigenvalue weighted by molar-refractivity contribution is 9.10. The quantitative estimate of drug-likeness (QED) is 0.687. The Hall–Kier alpha value is -2.18. The Labute approximate surface area is 154 Å². The summed E-state index contributed by atoms with van der Waals surface area (Å²) in [6, 6.07) is 17.7. The van der Waals surface area contributed by atoms with Gasteiger partial charge in [0.2, 0.25) is 5.91 Å². The maximum Gasteiger partial charge on any atom is 0.239 e. The number of benzene rings is 3. The van der Waals surface area contributed by atoms with E-state index in [1.807, 2.05) is 37.3 Å². The van der Waals surface area contributed by atoms with Crippen LogP contribution in [-0.4, -0.2) is 20.1 Å². The number of aryl methyl sites for hydroxylation is 1. The average molecular weight is 418 g/mol. The molecule has 1 N–H and O–H groups in total. The molecule has 3 rings (SSSR count). The largest absolute Gasteiger partial charge is 0.325 e. The number of carbonyl (C=O) groups excluding carboxylic acids is 1. The van der Waals surface area contributed by atoms with E-state index < -0.39 is 21.5 Å². The summed E-state index contributed by atoms with van der Waals surface area (Å²) in [4.78, 5) is 12.3. The molecule has 3 aromatic carbocycles. The third-order valence-electron chi connectivity index (χ3n) is 3.84. The molecule has 0 bridgehead atoms. The van der Waals surface area contributed by atoms with Crippen LogP contribution in [0.5, 0.6) is 0 Å². The van der Waals surface area contributed by atoms with Crippen molar-refractivity contribution >= 4 is 48.1 Å². The molecular weight excluding hydrogens is 402 g/mol. The van der Waals surface area contributed by atoms with Crippen molar-refractivity contribution in [1.29, 1.82) is 0 Å². The highest BCUT2D eigenvalue weighted by atomic mass is 79.9. The summed E-state index contributed by atoms with van der Waals surface area (Å²) in [7, 11) is -3.71. The standard InChI is InChI=1S/C19H16BrNO3S/c1-13-10-16(7-9-18(13)20)21-19(22)12-25(23,24)17-8-6-14-4-2-3-5-15(14)11-17/h2-11H,12H2,1H3,(H,21,22).